The standard InChI is InChI=1S/C15H21FN2O/c1-11-2-3-14(12-5-7-19-10-12)15(17-11)9-18-6-4-13(16)8-18/h2-3,12-13H,4-10H2,1H3/t12?,13-/m1/s1. The van der Waals surface area contributed by atoms with Gasteiger partial charge in [-0.1, -0.05) is 6.07 Å². The molecule has 2 aliphatic heterocycles. The minimum atomic E-state index is -0.664. The molecule has 0 aromatic carbocycles. The molecule has 2 saturated heterocycles. The molecule has 4 heteroatoms. The maximum absolute atomic E-state index is 13.3. The highest BCUT2D eigenvalue weighted by molar-refractivity contribution is 5.27. The molecule has 0 saturated carbocycles. The lowest BCUT2D eigenvalue weighted by Gasteiger charge is -2.19. The van der Waals surface area contributed by atoms with Crippen LogP contribution in [0.4, 0.5) is 4.39 Å². The molecule has 0 radical (unpaired) electrons. The Hall–Kier alpha value is -1.00. The van der Waals surface area contributed by atoms with Gasteiger partial charge in [0.25, 0.3) is 0 Å². The number of ether oxygens (including phenoxy) is 1. The molecule has 3 heterocycles. The summed E-state index contributed by atoms with van der Waals surface area (Å²) in [7, 11) is 0. The first-order chi connectivity index (χ1) is 9.22. The van der Waals surface area contributed by atoms with E-state index < -0.39 is 6.17 Å². The molecular weight excluding hydrogens is 243 g/mol. The zero-order valence-corrected chi connectivity index (χ0v) is 11.4. The van der Waals surface area contributed by atoms with Gasteiger partial charge >= 0.3 is 0 Å². The molecule has 3 rings (SSSR count). The first kappa shape index (κ1) is 13.0. The molecule has 0 bridgehead atoms. The second kappa shape index (κ2) is 5.55. The maximum Gasteiger partial charge on any atom is 0.114 e. The monoisotopic (exact) mass is 264 g/mol. The van der Waals surface area contributed by atoms with Crippen LogP contribution < -0.4 is 0 Å². The molecular formula is C15H21FN2O. The highest BCUT2D eigenvalue weighted by Crippen LogP contribution is 2.28. The number of likely N-dealkylation sites (tertiary alicyclic amines) is 1. The normalized spacial score (nSPS) is 28.1. The van der Waals surface area contributed by atoms with Gasteiger partial charge in [0.05, 0.1) is 12.3 Å². The van der Waals surface area contributed by atoms with Crippen LogP contribution in [0.5, 0.6) is 0 Å². The minimum absolute atomic E-state index is 0.465. The van der Waals surface area contributed by atoms with Gasteiger partial charge in [-0.05, 0) is 31.4 Å². The fourth-order valence-corrected chi connectivity index (χ4v) is 3.04. The Bertz CT molecular complexity index is 446. The van der Waals surface area contributed by atoms with Gasteiger partial charge in [-0.3, -0.25) is 9.88 Å². The van der Waals surface area contributed by atoms with Gasteiger partial charge in [-0.25, -0.2) is 4.39 Å². The summed E-state index contributed by atoms with van der Waals surface area (Å²) in [5.41, 5.74) is 3.45. The molecule has 0 N–H and O–H groups in total. The summed E-state index contributed by atoms with van der Waals surface area (Å²) in [4.78, 5) is 6.86. The summed E-state index contributed by atoms with van der Waals surface area (Å²) in [6.45, 7) is 5.82. The van der Waals surface area contributed by atoms with E-state index in [1.54, 1.807) is 0 Å². The van der Waals surface area contributed by atoms with Crippen LogP contribution in [-0.2, 0) is 11.3 Å². The topological polar surface area (TPSA) is 25.4 Å². The van der Waals surface area contributed by atoms with E-state index in [9.17, 15) is 4.39 Å². The average molecular weight is 264 g/mol. The average Bonchev–Trinajstić information content (AvgIpc) is 3.01. The van der Waals surface area contributed by atoms with Gasteiger partial charge in [0.1, 0.15) is 6.17 Å². The third kappa shape index (κ3) is 2.95. The molecule has 0 spiro atoms. The molecule has 1 aromatic rings. The molecule has 2 aliphatic rings. The maximum atomic E-state index is 13.3. The Morgan fingerprint density at radius 3 is 3.00 bits per heavy atom. The van der Waals surface area contributed by atoms with Gasteiger partial charge < -0.3 is 4.74 Å². The van der Waals surface area contributed by atoms with Crippen molar-refractivity contribution < 1.29 is 9.13 Å². The highest BCUT2D eigenvalue weighted by Gasteiger charge is 2.25. The zero-order valence-electron chi connectivity index (χ0n) is 11.4. The van der Waals surface area contributed by atoms with Crippen LogP contribution in [0, 0.1) is 6.92 Å². The molecule has 0 amide bonds. The molecule has 19 heavy (non-hydrogen) atoms. The Morgan fingerprint density at radius 1 is 1.42 bits per heavy atom. The smallest absolute Gasteiger partial charge is 0.114 e. The molecule has 3 nitrogen and oxygen atoms in total. The van der Waals surface area contributed by atoms with Gasteiger partial charge in [0.2, 0.25) is 0 Å². The van der Waals surface area contributed by atoms with E-state index in [4.69, 9.17) is 4.74 Å². The second-order valence-electron chi connectivity index (χ2n) is 5.67. The van der Waals surface area contributed by atoms with Crippen molar-refractivity contribution in [3.05, 3.63) is 29.1 Å². The van der Waals surface area contributed by atoms with Crippen molar-refractivity contribution in [3.63, 3.8) is 0 Å². The molecule has 1 aromatic heterocycles. The number of hydrogen-bond donors (Lipinski definition) is 0. The zero-order chi connectivity index (χ0) is 13.2. The Morgan fingerprint density at radius 2 is 2.32 bits per heavy atom. The second-order valence-corrected chi connectivity index (χ2v) is 5.67. The molecule has 2 atom stereocenters. The predicted molar refractivity (Wildman–Crippen MR) is 71.9 cm³/mol. The van der Waals surface area contributed by atoms with Gasteiger partial charge in [-0.2, -0.15) is 0 Å². The number of hydrogen-bond acceptors (Lipinski definition) is 3. The Labute approximate surface area is 113 Å². The van der Waals surface area contributed by atoms with Crippen molar-refractivity contribution in [2.24, 2.45) is 0 Å². The van der Waals surface area contributed by atoms with Crippen LogP contribution in [0.25, 0.3) is 0 Å². The van der Waals surface area contributed by atoms with E-state index in [-0.39, 0.29) is 0 Å². The van der Waals surface area contributed by atoms with Crippen molar-refractivity contribution in [2.45, 2.75) is 38.4 Å². The number of alkyl halides is 1. The lowest BCUT2D eigenvalue weighted by atomic mass is 9.96. The van der Waals surface area contributed by atoms with Crippen LogP contribution >= 0.6 is 0 Å². The summed E-state index contributed by atoms with van der Waals surface area (Å²) >= 11 is 0. The molecule has 0 aliphatic carbocycles. The summed E-state index contributed by atoms with van der Waals surface area (Å²) in [5, 5.41) is 0. The molecule has 104 valence electrons. The van der Waals surface area contributed by atoms with Crippen LogP contribution in [0.3, 0.4) is 0 Å². The fourth-order valence-electron chi connectivity index (χ4n) is 3.04. The Kier molecular flexibility index (Phi) is 3.80. The van der Waals surface area contributed by atoms with Crippen LogP contribution in [-0.4, -0.2) is 42.4 Å². The van der Waals surface area contributed by atoms with Crippen LogP contribution in [0.2, 0.25) is 0 Å². The first-order valence-corrected chi connectivity index (χ1v) is 7.13. The third-order valence-electron chi connectivity index (χ3n) is 4.11. The third-order valence-corrected chi connectivity index (χ3v) is 4.11. The van der Waals surface area contributed by atoms with Gasteiger partial charge in [-0.15, -0.1) is 0 Å². The van der Waals surface area contributed by atoms with Crippen molar-refractivity contribution in [3.8, 4) is 0 Å². The number of rotatable bonds is 3. The van der Waals surface area contributed by atoms with Crippen LogP contribution in [0.15, 0.2) is 12.1 Å². The van der Waals surface area contributed by atoms with Crippen molar-refractivity contribution in [2.75, 3.05) is 26.3 Å². The number of aryl methyl sites for hydroxylation is 1. The van der Waals surface area contributed by atoms with Crippen molar-refractivity contribution >= 4 is 0 Å². The van der Waals surface area contributed by atoms with E-state index >= 15 is 0 Å². The van der Waals surface area contributed by atoms with E-state index in [1.165, 1.54) is 5.56 Å². The molecule has 2 fully saturated rings. The summed E-state index contributed by atoms with van der Waals surface area (Å²) in [6, 6.07) is 4.25. The number of aromatic nitrogens is 1. The largest absolute Gasteiger partial charge is 0.381 e. The van der Waals surface area contributed by atoms with E-state index in [1.807, 2.05) is 6.92 Å². The lowest BCUT2D eigenvalue weighted by molar-refractivity contribution is 0.193. The number of nitrogens with zero attached hydrogens (tertiary/aromatic N) is 2. The SMILES string of the molecule is Cc1ccc(C2CCOC2)c(CN2CC[C@@H](F)C2)n1. The van der Waals surface area contributed by atoms with E-state index in [0.29, 0.717) is 18.9 Å². The van der Waals surface area contributed by atoms with Crippen molar-refractivity contribution in [1.29, 1.82) is 0 Å². The van der Waals surface area contributed by atoms with Crippen LogP contribution in [0.1, 0.15) is 35.7 Å². The quantitative estimate of drug-likeness (QED) is 0.838. The lowest BCUT2D eigenvalue weighted by Crippen LogP contribution is -2.22. The number of halogens is 1. The van der Waals surface area contributed by atoms with Crippen molar-refractivity contribution in [1.82, 2.24) is 9.88 Å². The van der Waals surface area contributed by atoms with E-state index in [0.717, 1.165) is 44.1 Å². The summed E-state index contributed by atoms with van der Waals surface area (Å²) in [5.74, 6) is 0.465. The predicted octanol–water partition coefficient (Wildman–Crippen LogP) is 2.44. The van der Waals surface area contributed by atoms with E-state index in [2.05, 4.69) is 22.0 Å². The fraction of sp³-hybridized carbons (Fsp3) is 0.667. The van der Waals surface area contributed by atoms with Gasteiger partial charge in [0, 0.05) is 37.9 Å². The summed E-state index contributed by atoms with van der Waals surface area (Å²) < 4.78 is 18.8. The molecule has 1 unspecified atom stereocenters. The summed E-state index contributed by atoms with van der Waals surface area (Å²) in [6.07, 6.45) is 1.07. The number of pyridine rings is 1. The highest BCUT2D eigenvalue weighted by atomic mass is 19.1. The van der Waals surface area contributed by atoms with Gasteiger partial charge in [0.15, 0.2) is 0 Å². The first-order valence-electron chi connectivity index (χ1n) is 7.13. The minimum Gasteiger partial charge on any atom is -0.381 e. The Balaban J connectivity index is 1.79.